The van der Waals surface area contributed by atoms with Crippen LogP contribution in [-0.4, -0.2) is 44.6 Å². The SMILES string of the molecule is CC(C)(C)C1C(c2ccc(C(=O)Nc3ccc(Nc4cc(-c5cccc6c5oc5ccccc56)ncn4)cc3)cc2)CCCN1C(=O)O. The van der Waals surface area contributed by atoms with Gasteiger partial charge in [0.1, 0.15) is 23.3 Å². The molecule has 2 unspecified atom stereocenters. The fourth-order valence-corrected chi connectivity index (χ4v) is 7.02. The fourth-order valence-electron chi connectivity index (χ4n) is 7.02. The first-order valence-corrected chi connectivity index (χ1v) is 16.2. The predicted octanol–water partition coefficient (Wildman–Crippen LogP) is 9.31. The highest BCUT2D eigenvalue weighted by Crippen LogP contribution is 2.42. The number of nitrogens with one attached hydrogen (secondary N) is 2. The van der Waals surface area contributed by atoms with E-state index < -0.39 is 6.09 Å². The number of fused-ring (bicyclic) bond motifs is 3. The minimum atomic E-state index is -0.879. The molecule has 3 heterocycles. The van der Waals surface area contributed by atoms with Crippen LogP contribution in [0.1, 0.15) is 55.5 Å². The number of furan rings is 1. The standard InChI is InChI=1S/C39H37N5O4/c1-39(2,3)36-28(11-7-21-44(36)38(46)47)24-13-15-25(16-14-24)37(45)43-27-19-17-26(18-20-27)42-34-22-32(40-23-41-34)31-10-6-9-30-29-8-4-5-12-33(29)48-35(30)31/h4-6,8-10,12-20,22-23,28,36H,7,11,21H2,1-3H3,(H,43,45)(H,46,47)(H,40,41,42). The molecule has 9 nitrogen and oxygen atoms in total. The summed E-state index contributed by atoms with van der Waals surface area (Å²) in [6.45, 7) is 6.81. The summed E-state index contributed by atoms with van der Waals surface area (Å²) < 4.78 is 6.20. The number of carbonyl (C=O) groups excluding carboxylic acids is 1. The van der Waals surface area contributed by atoms with Gasteiger partial charge in [-0.05, 0) is 72.4 Å². The van der Waals surface area contributed by atoms with E-state index in [2.05, 4.69) is 53.5 Å². The minimum Gasteiger partial charge on any atom is -0.465 e. The summed E-state index contributed by atoms with van der Waals surface area (Å²) >= 11 is 0. The molecular formula is C39H37N5O4. The van der Waals surface area contributed by atoms with Crippen LogP contribution in [0.25, 0.3) is 33.2 Å². The van der Waals surface area contributed by atoms with Gasteiger partial charge in [-0.25, -0.2) is 14.8 Å². The maximum atomic E-state index is 13.1. The molecule has 2 aromatic heterocycles. The van der Waals surface area contributed by atoms with Crippen LogP contribution in [0.4, 0.5) is 22.0 Å². The van der Waals surface area contributed by atoms with Crippen LogP contribution in [0, 0.1) is 5.41 Å². The first-order chi connectivity index (χ1) is 23.2. The van der Waals surface area contributed by atoms with Crippen molar-refractivity contribution in [3.8, 4) is 11.3 Å². The number of rotatable bonds is 6. The van der Waals surface area contributed by atoms with Gasteiger partial charge in [-0.15, -0.1) is 0 Å². The van der Waals surface area contributed by atoms with Crippen LogP contribution < -0.4 is 10.6 Å². The largest absolute Gasteiger partial charge is 0.465 e. The molecule has 7 rings (SSSR count). The first kappa shape index (κ1) is 30.9. The number of carboxylic acid groups (broad SMARTS) is 1. The maximum Gasteiger partial charge on any atom is 0.407 e. The molecular weight excluding hydrogens is 602 g/mol. The molecule has 2 atom stereocenters. The van der Waals surface area contributed by atoms with Crippen LogP contribution in [0.3, 0.4) is 0 Å². The van der Waals surface area contributed by atoms with Crippen molar-refractivity contribution in [3.05, 3.63) is 115 Å². The quantitative estimate of drug-likeness (QED) is 0.166. The van der Waals surface area contributed by atoms with Gasteiger partial charge in [0.05, 0.1) is 5.69 Å². The number of anilines is 3. The van der Waals surface area contributed by atoms with Gasteiger partial charge >= 0.3 is 6.09 Å². The molecule has 0 bridgehead atoms. The second kappa shape index (κ2) is 12.5. The zero-order chi connectivity index (χ0) is 33.4. The molecule has 6 aromatic rings. The van der Waals surface area contributed by atoms with Gasteiger partial charge in [0.2, 0.25) is 0 Å². The second-order valence-electron chi connectivity index (χ2n) is 13.4. The van der Waals surface area contributed by atoms with E-state index in [0.717, 1.165) is 57.3 Å². The van der Waals surface area contributed by atoms with E-state index in [0.29, 0.717) is 23.6 Å². The van der Waals surface area contributed by atoms with E-state index in [-0.39, 0.29) is 23.3 Å². The number of nitrogens with zero attached hydrogens (tertiary/aromatic N) is 3. The number of hydrogen-bond acceptors (Lipinski definition) is 6. The van der Waals surface area contributed by atoms with Gasteiger partial charge in [-0.3, -0.25) is 4.79 Å². The highest BCUT2D eigenvalue weighted by molar-refractivity contribution is 6.09. The lowest BCUT2D eigenvalue weighted by atomic mass is 9.71. The topological polar surface area (TPSA) is 121 Å². The lowest BCUT2D eigenvalue weighted by molar-refractivity contribution is 0.0457. The molecule has 0 saturated carbocycles. The molecule has 1 fully saturated rings. The average molecular weight is 640 g/mol. The van der Waals surface area contributed by atoms with E-state index in [1.54, 1.807) is 4.90 Å². The zero-order valence-electron chi connectivity index (χ0n) is 27.1. The summed E-state index contributed by atoms with van der Waals surface area (Å²) in [4.78, 5) is 35.7. The fraction of sp³-hybridized carbons (Fsp3) is 0.231. The lowest BCUT2D eigenvalue weighted by Crippen LogP contribution is -2.53. The van der Waals surface area contributed by atoms with Crippen LogP contribution in [0.5, 0.6) is 0 Å². The second-order valence-corrected chi connectivity index (χ2v) is 13.4. The number of benzene rings is 4. The summed E-state index contributed by atoms with van der Waals surface area (Å²) in [6, 6.07) is 30.8. The summed E-state index contributed by atoms with van der Waals surface area (Å²) in [5.41, 5.74) is 6.07. The molecule has 1 saturated heterocycles. The van der Waals surface area contributed by atoms with Gasteiger partial charge in [0, 0.05) is 57.8 Å². The molecule has 2 amide bonds. The Labute approximate surface area is 278 Å². The predicted molar refractivity (Wildman–Crippen MR) is 189 cm³/mol. The van der Waals surface area contributed by atoms with Crippen molar-refractivity contribution >= 4 is 51.1 Å². The number of likely N-dealkylation sites (tertiary alicyclic amines) is 1. The molecule has 242 valence electrons. The van der Waals surface area contributed by atoms with Gasteiger partial charge in [0.25, 0.3) is 5.91 Å². The first-order valence-electron chi connectivity index (χ1n) is 16.2. The highest BCUT2D eigenvalue weighted by atomic mass is 16.4. The highest BCUT2D eigenvalue weighted by Gasteiger charge is 2.42. The van der Waals surface area contributed by atoms with Crippen LogP contribution >= 0.6 is 0 Å². The summed E-state index contributed by atoms with van der Waals surface area (Å²) in [6.07, 6.45) is 2.37. The van der Waals surface area contributed by atoms with Gasteiger partial charge < -0.3 is 25.1 Å². The molecule has 0 aliphatic carbocycles. The Hall–Kier alpha value is -5.70. The number of carbonyl (C=O) groups is 2. The van der Waals surface area contributed by atoms with Crippen LogP contribution in [0.2, 0.25) is 0 Å². The van der Waals surface area contributed by atoms with Crippen molar-refractivity contribution in [2.75, 3.05) is 17.2 Å². The third-order valence-corrected chi connectivity index (χ3v) is 9.13. The number of piperidine rings is 1. The Balaban J connectivity index is 1.02. The molecule has 3 N–H and O–H groups in total. The van der Waals surface area contributed by atoms with E-state index >= 15 is 0 Å². The van der Waals surface area contributed by atoms with Gasteiger partial charge in [-0.2, -0.15) is 0 Å². The van der Waals surface area contributed by atoms with Crippen LogP contribution in [-0.2, 0) is 0 Å². The smallest absolute Gasteiger partial charge is 0.407 e. The molecule has 48 heavy (non-hydrogen) atoms. The lowest BCUT2D eigenvalue weighted by Gasteiger charge is -2.47. The normalized spacial score (nSPS) is 16.6. The van der Waals surface area contributed by atoms with E-state index in [1.165, 1.54) is 6.33 Å². The zero-order valence-corrected chi connectivity index (χ0v) is 27.1. The van der Waals surface area contributed by atoms with Crippen molar-refractivity contribution < 1.29 is 19.1 Å². The van der Waals surface area contributed by atoms with Gasteiger partial charge in [0.15, 0.2) is 0 Å². The van der Waals surface area contributed by atoms with Crippen molar-refractivity contribution in [3.63, 3.8) is 0 Å². The maximum absolute atomic E-state index is 13.1. The molecule has 1 aliphatic rings. The van der Waals surface area contributed by atoms with E-state index in [9.17, 15) is 14.7 Å². The van der Waals surface area contributed by atoms with E-state index in [1.807, 2.05) is 84.9 Å². The number of aromatic nitrogens is 2. The molecule has 4 aromatic carbocycles. The molecule has 9 heteroatoms. The van der Waals surface area contributed by atoms with Crippen molar-refractivity contribution in [1.82, 2.24) is 14.9 Å². The average Bonchev–Trinajstić information content (AvgIpc) is 3.47. The summed E-state index contributed by atoms with van der Waals surface area (Å²) in [5, 5.41) is 18.3. The monoisotopic (exact) mass is 639 g/mol. The third-order valence-electron chi connectivity index (χ3n) is 9.13. The number of hydrogen-bond donors (Lipinski definition) is 3. The Kier molecular flexibility index (Phi) is 8.04. The van der Waals surface area contributed by atoms with Crippen molar-refractivity contribution in [1.29, 1.82) is 0 Å². The minimum absolute atomic E-state index is 0.0666. The number of amides is 2. The van der Waals surface area contributed by atoms with Crippen LogP contribution in [0.15, 0.2) is 108 Å². The Morgan fingerprint density at radius 1 is 0.875 bits per heavy atom. The van der Waals surface area contributed by atoms with Gasteiger partial charge in [-0.1, -0.05) is 63.2 Å². The van der Waals surface area contributed by atoms with E-state index in [4.69, 9.17) is 4.42 Å². The van der Waals surface area contributed by atoms with Crippen molar-refractivity contribution in [2.45, 2.75) is 45.6 Å². The summed E-state index contributed by atoms with van der Waals surface area (Å²) in [7, 11) is 0. The Morgan fingerprint density at radius 3 is 2.35 bits per heavy atom. The Bertz CT molecular complexity index is 2120. The number of para-hydroxylation sites is 2. The third kappa shape index (κ3) is 6.07. The van der Waals surface area contributed by atoms with Crippen molar-refractivity contribution in [2.24, 2.45) is 5.41 Å². The molecule has 0 radical (unpaired) electrons. The summed E-state index contributed by atoms with van der Waals surface area (Å²) in [5.74, 6) is 0.478. The molecule has 1 aliphatic heterocycles. The Morgan fingerprint density at radius 2 is 1.60 bits per heavy atom. The molecule has 0 spiro atoms.